The molecule has 0 unspecified atom stereocenters. The second kappa shape index (κ2) is 10.2. The summed E-state index contributed by atoms with van der Waals surface area (Å²) in [5.41, 5.74) is 0.901. The quantitative estimate of drug-likeness (QED) is 0.382. The topological polar surface area (TPSA) is 36.4 Å². The normalized spacial score (nSPS) is 11.0. The van der Waals surface area contributed by atoms with Crippen molar-refractivity contribution in [1.29, 1.82) is 0 Å². The van der Waals surface area contributed by atoms with E-state index in [1.807, 2.05) is 18.2 Å². The first-order valence-electron chi connectivity index (χ1n) is 8.37. The van der Waals surface area contributed by atoms with Crippen molar-refractivity contribution < 1.29 is 4.79 Å². The molecule has 0 aliphatic heterocycles. The van der Waals surface area contributed by atoms with E-state index >= 15 is 0 Å². The smallest absolute Gasteiger partial charge is 0.270 e. The number of aromatic nitrogens is 1. The van der Waals surface area contributed by atoms with E-state index in [9.17, 15) is 4.79 Å². The standard InChI is InChI=1S/C18H19BrClN3OS2.ClH/c1-3-22(4-2)9-10-23(17(24)14-7-8-16(20)25-14)18-21-13-6-5-12(19)11-15(13)26-18;/h5-8,11H,3-4,9-10H2,1-2H3;1H. The molecule has 0 atom stereocenters. The third kappa shape index (κ3) is 5.43. The van der Waals surface area contributed by atoms with E-state index in [2.05, 4.69) is 34.7 Å². The molecule has 2 heterocycles. The minimum atomic E-state index is -0.0489. The molecule has 3 rings (SSSR count). The van der Waals surface area contributed by atoms with Crippen LogP contribution in [-0.4, -0.2) is 42.0 Å². The van der Waals surface area contributed by atoms with Crippen LogP contribution in [0.5, 0.6) is 0 Å². The molecule has 0 aliphatic carbocycles. The Kier molecular flexibility index (Phi) is 8.52. The van der Waals surface area contributed by atoms with E-state index in [-0.39, 0.29) is 18.3 Å². The number of nitrogens with zero attached hydrogens (tertiary/aromatic N) is 3. The lowest BCUT2D eigenvalue weighted by atomic mass is 10.3. The maximum absolute atomic E-state index is 13.1. The van der Waals surface area contributed by atoms with Gasteiger partial charge in [-0.3, -0.25) is 9.69 Å². The number of anilines is 1. The largest absolute Gasteiger partial charge is 0.302 e. The molecule has 3 aromatic rings. The number of thiophene rings is 1. The van der Waals surface area contributed by atoms with Crippen molar-refractivity contribution >= 4 is 83.9 Å². The zero-order valence-corrected chi connectivity index (χ0v) is 19.7. The average molecular weight is 509 g/mol. The fraction of sp³-hybridized carbons (Fsp3) is 0.333. The highest BCUT2D eigenvalue weighted by atomic mass is 79.9. The maximum Gasteiger partial charge on any atom is 0.270 e. The predicted octanol–water partition coefficient (Wildman–Crippen LogP) is 6.18. The summed E-state index contributed by atoms with van der Waals surface area (Å²) in [5, 5.41) is 0.722. The lowest BCUT2D eigenvalue weighted by Crippen LogP contribution is -2.38. The van der Waals surface area contributed by atoms with E-state index in [1.54, 1.807) is 17.0 Å². The van der Waals surface area contributed by atoms with Crippen molar-refractivity contribution in [3.8, 4) is 0 Å². The van der Waals surface area contributed by atoms with Gasteiger partial charge in [-0.2, -0.15) is 0 Å². The van der Waals surface area contributed by atoms with Crippen LogP contribution in [-0.2, 0) is 0 Å². The highest BCUT2D eigenvalue weighted by molar-refractivity contribution is 9.10. The summed E-state index contributed by atoms with van der Waals surface area (Å²) in [6, 6.07) is 9.51. The number of rotatable bonds is 7. The van der Waals surface area contributed by atoms with Crippen LogP contribution in [0.1, 0.15) is 23.5 Å². The molecule has 0 spiro atoms. The highest BCUT2D eigenvalue weighted by Crippen LogP contribution is 2.32. The minimum Gasteiger partial charge on any atom is -0.302 e. The zero-order chi connectivity index (χ0) is 18.7. The van der Waals surface area contributed by atoms with E-state index in [0.29, 0.717) is 15.8 Å². The summed E-state index contributed by atoms with van der Waals surface area (Å²) in [6.07, 6.45) is 0. The first-order chi connectivity index (χ1) is 12.5. The summed E-state index contributed by atoms with van der Waals surface area (Å²) < 4.78 is 2.68. The fourth-order valence-electron chi connectivity index (χ4n) is 2.63. The molecule has 1 aromatic carbocycles. The van der Waals surface area contributed by atoms with Crippen LogP contribution >= 0.6 is 62.6 Å². The molecular formula is C18H20BrCl2N3OS2. The number of carbonyl (C=O) groups is 1. The van der Waals surface area contributed by atoms with Gasteiger partial charge in [0.15, 0.2) is 5.13 Å². The Morgan fingerprint density at radius 2 is 1.89 bits per heavy atom. The van der Waals surface area contributed by atoms with Gasteiger partial charge in [0.1, 0.15) is 0 Å². The predicted molar refractivity (Wildman–Crippen MR) is 123 cm³/mol. The van der Waals surface area contributed by atoms with Crippen LogP contribution in [0, 0.1) is 0 Å². The van der Waals surface area contributed by atoms with Crippen molar-refractivity contribution in [2.75, 3.05) is 31.1 Å². The van der Waals surface area contributed by atoms with Crippen LogP contribution in [0.15, 0.2) is 34.8 Å². The van der Waals surface area contributed by atoms with Gasteiger partial charge in [0, 0.05) is 17.6 Å². The minimum absolute atomic E-state index is 0. The van der Waals surface area contributed by atoms with Crippen molar-refractivity contribution in [3.63, 3.8) is 0 Å². The average Bonchev–Trinajstić information content (AvgIpc) is 3.24. The van der Waals surface area contributed by atoms with Gasteiger partial charge in [0.2, 0.25) is 0 Å². The monoisotopic (exact) mass is 507 g/mol. The highest BCUT2D eigenvalue weighted by Gasteiger charge is 2.23. The zero-order valence-electron chi connectivity index (χ0n) is 14.9. The van der Waals surface area contributed by atoms with Crippen LogP contribution in [0.2, 0.25) is 4.34 Å². The van der Waals surface area contributed by atoms with Crippen LogP contribution in [0.4, 0.5) is 5.13 Å². The van der Waals surface area contributed by atoms with Crippen LogP contribution in [0.3, 0.4) is 0 Å². The van der Waals surface area contributed by atoms with Gasteiger partial charge in [-0.05, 0) is 43.4 Å². The number of halogens is 3. The Labute approximate surface area is 186 Å². The van der Waals surface area contributed by atoms with Crippen molar-refractivity contribution in [2.24, 2.45) is 0 Å². The van der Waals surface area contributed by atoms with E-state index < -0.39 is 0 Å². The molecule has 1 amide bonds. The molecular weight excluding hydrogens is 489 g/mol. The Hall–Kier alpha value is -0.700. The molecule has 0 N–H and O–H groups in total. The molecule has 0 radical (unpaired) electrons. The SMILES string of the molecule is CCN(CC)CCN(C(=O)c1ccc(Cl)s1)c1nc2ccc(Br)cc2s1.Cl. The third-order valence-corrected chi connectivity index (χ3v) is 6.89. The van der Waals surface area contributed by atoms with E-state index in [1.165, 1.54) is 22.7 Å². The second-order valence-corrected chi connectivity index (χ2v) is 9.34. The van der Waals surface area contributed by atoms with Gasteiger partial charge in [-0.15, -0.1) is 23.7 Å². The Morgan fingerprint density at radius 1 is 1.15 bits per heavy atom. The molecule has 27 heavy (non-hydrogen) atoms. The summed E-state index contributed by atoms with van der Waals surface area (Å²) in [5.74, 6) is -0.0489. The molecule has 0 saturated carbocycles. The first kappa shape index (κ1) is 22.6. The molecule has 0 bridgehead atoms. The Morgan fingerprint density at radius 3 is 2.52 bits per heavy atom. The van der Waals surface area contributed by atoms with Gasteiger partial charge in [0.05, 0.1) is 19.4 Å². The van der Waals surface area contributed by atoms with Gasteiger partial charge in [0.25, 0.3) is 5.91 Å². The van der Waals surface area contributed by atoms with E-state index in [4.69, 9.17) is 16.6 Å². The van der Waals surface area contributed by atoms with Crippen molar-refractivity contribution in [2.45, 2.75) is 13.8 Å². The lowest BCUT2D eigenvalue weighted by Gasteiger charge is -2.24. The number of benzene rings is 1. The molecule has 9 heteroatoms. The molecule has 4 nitrogen and oxygen atoms in total. The fourth-order valence-corrected chi connectivity index (χ4v) is 5.16. The van der Waals surface area contributed by atoms with Gasteiger partial charge in [-0.1, -0.05) is 52.7 Å². The Balaban J connectivity index is 0.00000261. The van der Waals surface area contributed by atoms with Crippen LogP contribution < -0.4 is 4.90 Å². The van der Waals surface area contributed by atoms with Crippen molar-refractivity contribution in [1.82, 2.24) is 9.88 Å². The van der Waals surface area contributed by atoms with Gasteiger partial charge in [-0.25, -0.2) is 4.98 Å². The number of fused-ring (bicyclic) bond motifs is 1. The maximum atomic E-state index is 13.1. The van der Waals surface area contributed by atoms with Gasteiger partial charge < -0.3 is 4.90 Å². The summed E-state index contributed by atoms with van der Waals surface area (Å²) >= 11 is 12.4. The number of thiazole rings is 1. The molecule has 0 aliphatic rings. The number of hydrogen-bond acceptors (Lipinski definition) is 5. The van der Waals surface area contributed by atoms with Crippen molar-refractivity contribution in [3.05, 3.63) is 44.0 Å². The lowest BCUT2D eigenvalue weighted by molar-refractivity contribution is 0.0987. The third-order valence-electron chi connectivity index (χ3n) is 4.13. The second-order valence-electron chi connectivity index (χ2n) is 5.70. The Bertz CT molecular complexity index is 911. The molecule has 146 valence electrons. The number of amides is 1. The number of likely N-dealkylation sites (N-methyl/N-ethyl adjacent to an activating group) is 1. The molecule has 0 fully saturated rings. The number of hydrogen-bond donors (Lipinski definition) is 0. The molecule has 2 aromatic heterocycles. The van der Waals surface area contributed by atoms with Crippen LogP contribution in [0.25, 0.3) is 10.2 Å². The summed E-state index contributed by atoms with van der Waals surface area (Å²) in [4.78, 5) is 22.5. The van der Waals surface area contributed by atoms with Gasteiger partial charge >= 0.3 is 0 Å². The molecule has 0 saturated heterocycles. The first-order valence-corrected chi connectivity index (χ1v) is 11.2. The summed E-state index contributed by atoms with van der Waals surface area (Å²) in [6.45, 7) is 7.56. The van der Waals surface area contributed by atoms with E-state index in [0.717, 1.165) is 39.5 Å². The summed E-state index contributed by atoms with van der Waals surface area (Å²) in [7, 11) is 0. The number of carbonyl (C=O) groups excluding carboxylic acids is 1.